The quantitative estimate of drug-likeness (QED) is 0.728. The zero-order chi connectivity index (χ0) is 14.9. The number of carboxylic acid groups (broad SMARTS) is 1. The number of hydrogen-bond acceptors (Lipinski definition) is 4. The van der Waals surface area contributed by atoms with Crippen LogP contribution in [0.3, 0.4) is 0 Å². The summed E-state index contributed by atoms with van der Waals surface area (Å²) in [7, 11) is 0. The van der Waals surface area contributed by atoms with Crippen molar-refractivity contribution in [3.8, 4) is 5.75 Å². The molecule has 2 rings (SSSR count). The van der Waals surface area contributed by atoms with E-state index in [0.717, 1.165) is 6.07 Å². The molecule has 1 unspecified atom stereocenters. The summed E-state index contributed by atoms with van der Waals surface area (Å²) in [5.41, 5.74) is 5.19. The Balaban J connectivity index is 2.54. The van der Waals surface area contributed by atoms with Gasteiger partial charge in [-0.25, -0.2) is 4.79 Å². The predicted molar refractivity (Wildman–Crippen MR) is 67.9 cm³/mol. The van der Waals surface area contributed by atoms with E-state index in [-0.39, 0.29) is 22.8 Å². The van der Waals surface area contributed by atoms with Crippen molar-refractivity contribution in [2.45, 2.75) is 18.9 Å². The molecular formula is C13H14N2O5. The maximum absolute atomic E-state index is 11.8. The number of aromatic carboxylic acids is 1. The van der Waals surface area contributed by atoms with Crippen molar-refractivity contribution >= 4 is 17.8 Å². The zero-order valence-corrected chi connectivity index (χ0v) is 10.6. The lowest BCUT2D eigenvalue weighted by Crippen LogP contribution is -2.39. The number of nitrogens with zero attached hydrogens (tertiary/aromatic N) is 1. The van der Waals surface area contributed by atoms with Crippen LogP contribution in [0.4, 0.5) is 0 Å². The van der Waals surface area contributed by atoms with Crippen LogP contribution in [-0.2, 0) is 9.59 Å². The van der Waals surface area contributed by atoms with Crippen molar-refractivity contribution in [1.29, 1.82) is 0 Å². The van der Waals surface area contributed by atoms with E-state index in [2.05, 4.69) is 0 Å². The average molecular weight is 278 g/mol. The molecule has 1 heterocycles. The van der Waals surface area contributed by atoms with Gasteiger partial charge in [0.2, 0.25) is 11.8 Å². The van der Waals surface area contributed by atoms with Gasteiger partial charge in [0.1, 0.15) is 11.8 Å². The number of carbonyl (C=O) groups excluding carboxylic acids is 2. The Morgan fingerprint density at radius 2 is 2.05 bits per heavy atom. The second kappa shape index (κ2) is 5.20. The minimum atomic E-state index is -1.25. The van der Waals surface area contributed by atoms with Crippen LogP contribution in [0.15, 0.2) is 18.2 Å². The van der Waals surface area contributed by atoms with Gasteiger partial charge in [-0.05, 0) is 24.6 Å². The molecule has 0 radical (unpaired) electrons. The van der Waals surface area contributed by atoms with Crippen molar-refractivity contribution in [3.63, 3.8) is 0 Å². The van der Waals surface area contributed by atoms with Crippen molar-refractivity contribution in [2.24, 2.45) is 5.73 Å². The topological polar surface area (TPSA) is 121 Å². The molecule has 0 saturated carbocycles. The van der Waals surface area contributed by atoms with Gasteiger partial charge in [-0.1, -0.05) is 0 Å². The molecule has 0 aromatic heterocycles. The molecule has 1 aliphatic heterocycles. The lowest BCUT2D eigenvalue weighted by atomic mass is 9.98. The summed E-state index contributed by atoms with van der Waals surface area (Å²) in [5, 5.41) is 18.7. The standard InChI is InChI=1S/C13H14N2O5/c14-12(18)11(15-5-1-2-10(15)17)9-6-7(16)3-4-8(9)13(19)20/h3-4,6,11,16H,1-2,5H2,(H2,14,18)(H,19,20). The van der Waals surface area contributed by atoms with Crippen molar-refractivity contribution < 1.29 is 24.6 Å². The number of carboxylic acids is 1. The Labute approximate surface area is 114 Å². The van der Waals surface area contributed by atoms with Gasteiger partial charge >= 0.3 is 5.97 Å². The van der Waals surface area contributed by atoms with Gasteiger partial charge in [-0.15, -0.1) is 0 Å². The second-order valence-corrected chi connectivity index (χ2v) is 4.57. The van der Waals surface area contributed by atoms with Crippen LogP contribution >= 0.6 is 0 Å². The number of amides is 2. The van der Waals surface area contributed by atoms with Crippen molar-refractivity contribution in [3.05, 3.63) is 29.3 Å². The smallest absolute Gasteiger partial charge is 0.336 e. The van der Waals surface area contributed by atoms with Gasteiger partial charge in [0.15, 0.2) is 0 Å². The summed E-state index contributed by atoms with van der Waals surface area (Å²) in [6.07, 6.45) is 0.884. The van der Waals surface area contributed by atoms with Crippen LogP contribution in [-0.4, -0.2) is 39.4 Å². The van der Waals surface area contributed by atoms with Crippen molar-refractivity contribution in [1.82, 2.24) is 4.90 Å². The minimum Gasteiger partial charge on any atom is -0.508 e. The van der Waals surface area contributed by atoms with Gasteiger partial charge in [0.25, 0.3) is 0 Å². The summed E-state index contributed by atoms with van der Waals surface area (Å²) >= 11 is 0. The molecule has 1 saturated heterocycles. The third kappa shape index (κ3) is 2.42. The van der Waals surface area contributed by atoms with Gasteiger partial charge in [0, 0.05) is 18.5 Å². The van der Waals surface area contributed by atoms with Crippen LogP contribution in [0.5, 0.6) is 5.75 Å². The highest BCUT2D eigenvalue weighted by Gasteiger charge is 2.35. The Morgan fingerprint density at radius 1 is 1.35 bits per heavy atom. The highest BCUT2D eigenvalue weighted by Crippen LogP contribution is 2.30. The SMILES string of the molecule is NC(=O)C(c1cc(O)ccc1C(=O)O)N1CCCC1=O. The molecule has 106 valence electrons. The number of likely N-dealkylation sites (tertiary alicyclic amines) is 1. The molecule has 0 aliphatic carbocycles. The lowest BCUT2D eigenvalue weighted by Gasteiger charge is -2.26. The van der Waals surface area contributed by atoms with E-state index in [0.29, 0.717) is 19.4 Å². The molecule has 2 amide bonds. The van der Waals surface area contributed by atoms with E-state index in [1.54, 1.807) is 0 Å². The fraction of sp³-hybridized carbons (Fsp3) is 0.308. The largest absolute Gasteiger partial charge is 0.508 e. The second-order valence-electron chi connectivity index (χ2n) is 4.57. The molecule has 1 aliphatic rings. The number of phenols is 1. The van der Waals surface area contributed by atoms with E-state index in [1.807, 2.05) is 0 Å². The minimum absolute atomic E-state index is 0.0280. The number of hydrogen-bond donors (Lipinski definition) is 3. The summed E-state index contributed by atoms with van der Waals surface area (Å²) in [4.78, 5) is 35.9. The summed E-state index contributed by atoms with van der Waals surface area (Å²) in [6.45, 7) is 0.334. The number of phenolic OH excluding ortho intramolecular Hbond substituents is 1. The molecule has 1 fully saturated rings. The Bertz CT molecular complexity index is 584. The van der Waals surface area contributed by atoms with Gasteiger partial charge in [0.05, 0.1) is 5.56 Å². The fourth-order valence-corrected chi connectivity index (χ4v) is 2.39. The third-order valence-corrected chi connectivity index (χ3v) is 3.25. The normalized spacial score (nSPS) is 16.2. The molecule has 0 spiro atoms. The number of carbonyl (C=O) groups is 3. The Kier molecular flexibility index (Phi) is 3.60. The van der Waals surface area contributed by atoms with Crippen LogP contribution in [0.2, 0.25) is 0 Å². The maximum Gasteiger partial charge on any atom is 0.336 e. The Morgan fingerprint density at radius 3 is 2.55 bits per heavy atom. The van der Waals surface area contributed by atoms with Gasteiger partial charge in [-0.2, -0.15) is 0 Å². The summed E-state index contributed by atoms with van der Waals surface area (Å²) < 4.78 is 0. The predicted octanol–water partition coefficient (Wildman–Crippen LogP) is 0.239. The highest BCUT2D eigenvalue weighted by molar-refractivity contribution is 5.95. The molecule has 4 N–H and O–H groups in total. The van der Waals surface area contributed by atoms with E-state index < -0.39 is 17.9 Å². The van der Waals surface area contributed by atoms with Crippen LogP contribution in [0.25, 0.3) is 0 Å². The van der Waals surface area contributed by atoms with Crippen LogP contribution in [0, 0.1) is 0 Å². The number of aromatic hydroxyl groups is 1. The van der Waals surface area contributed by atoms with Crippen LogP contribution < -0.4 is 5.73 Å². The summed E-state index contributed by atoms with van der Waals surface area (Å²) in [6, 6.07) is 2.37. The fourth-order valence-electron chi connectivity index (χ4n) is 2.39. The van der Waals surface area contributed by atoms with E-state index in [1.165, 1.54) is 17.0 Å². The van der Waals surface area contributed by atoms with E-state index >= 15 is 0 Å². The number of rotatable bonds is 4. The first-order chi connectivity index (χ1) is 9.41. The number of nitrogens with two attached hydrogens (primary N) is 1. The molecule has 1 aromatic rings. The summed E-state index contributed by atoms with van der Waals surface area (Å²) in [5.74, 6) is -2.53. The van der Waals surface area contributed by atoms with Crippen molar-refractivity contribution in [2.75, 3.05) is 6.54 Å². The molecule has 0 bridgehead atoms. The number of benzene rings is 1. The highest BCUT2D eigenvalue weighted by atomic mass is 16.4. The lowest BCUT2D eigenvalue weighted by molar-refractivity contribution is -0.136. The van der Waals surface area contributed by atoms with E-state index in [9.17, 15) is 19.5 Å². The Hall–Kier alpha value is -2.57. The molecule has 7 heteroatoms. The zero-order valence-electron chi connectivity index (χ0n) is 10.6. The monoisotopic (exact) mass is 278 g/mol. The first kappa shape index (κ1) is 13.9. The molecule has 7 nitrogen and oxygen atoms in total. The molecular weight excluding hydrogens is 264 g/mol. The number of primary amides is 1. The molecule has 20 heavy (non-hydrogen) atoms. The van der Waals surface area contributed by atoms with Gasteiger partial charge in [-0.3, -0.25) is 9.59 Å². The first-order valence-corrected chi connectivity index (χ1v) is 6.07. The average Bonchev–Trinajstić information content (AvgIpc) is 2.75. The van der Waals surface area contributed by atoms with Gasteiger partial charge < -0.3 is 20.8 Å². The third-order valence-electron chi connectivity index (χ3n) is 3.25. The van der Waals surface area contributed by atoms with Crippen LogP contribution in [0.1, 0.15) is 34.8 Å². The molecule has 1 atom stereocenters. The molecule has 1 aromatic carbocycles. The maximum atomic E-state index is 11.8. The van der Waals surface area contributed by atoms with E-state index in [4.69, 9.17) is 10.8 Å². The first-order valence-electron chi connectivity index (χ1n) is 6.07.